The first-order valence-electron chi connectivity index (χ1n) is 6.96. The number of ether oxygens (including phenoxy) is 1. The van der Waals surface area contributed by atoms with E-state index in [0.29, 0.717) is 5.02 Å². The van der Waals surface area contributed by atoms with Crippen LogP contribution in [0.4, 0.5) is 0 Å². The van der Waals surface area contributed by atoms with Gasteiger partial charge in [0.1, 0.15) is 0 Å². The summed E-state index contributed by atoms with van der Waals surface area (Å²) in [4.78, 5) is 0. The summed E-state index contributed by atoms with van der Waals surface area (Å²) in [5.41, 5.74) is 1.81. The molecule has 0 spiro atoms. The van der Waals surface area contributed by atoms with Crippen molar-refractivity contribution in [1.82, 2.24) is 9.78 Å². The van der Waals surface area contributed by atoms with E-state index >= 15 is 0 Å². The first kappa shape index (κ1) is 15.0. The van der Waals surface area contributed by atoms with Crippen LogP contribution in [0.3, 0.4) is 0 Å². The van der Waals surface area contributed by atoms with Gasteiger partial charge in [0.05, 0.1) is 23.3 Å². The third-order valence-electron chi connectivity index (χ3n) is 3.65. The van der Waals surface area contributed by atoms with Gasteiger partial charge in [-0.3, -0.25) is 0 Å². The highest BCUT2D eigenvalue weighted by Gasteiger charge is 2.20. The Kier molecular flexibility index (Phi) is 4.64. The van der Waals surface area contributed by atoms with Gasteiger partial charge in [0.15, 0.2) is 6.23 Å². The van der Waals surface area contributed by atoms with E-state index in [4.69, 9.17) is 21.4 Å². The molecule has 1 unspecified atom stereocenters. The SMILES string of the molecule is OC/C=C\c1c(Cl)cc2c(cnn2C2CCCCO2)c1Br. The monoisotopic (exact) mass is 370 g/mol. The fraction of sp³-hybridized carbons (Fsp3) is 0.400. The Morgan fingerprint density at radius 1 is 1.52 bits per heavy atom. The number of aliphatic hydroxyl groups is 1. The Labute approximate surface area is 136 Å². The van der Waals surface area contributed by atoms with E-state index in [9.17, 15) is 0 Å². The molecule has 21 heavy (non-hydrogen) atoms. The molecule has 0 saturated carbocycles. The molecule has 3 rings (SSSR count). The molecular weight excluding hydrogens is 356 g/mol. The molecule has 2 heterocycles. The number of aromatic nitrogens is 2. The summed E-state index contributed by atoms with van der Waals surface area (Å²) in [6.45, 7) is 0.758. The van der Waals surface area contributed by atoms with Crippen molar-refractivity contribution in [2.75, 3.05) is 13.2 Å². The average molecular weight is 372 g/mol. The lowest BCUT2D eigenvalue weighted by atomic mass is 10.1. The van der Waals surface area contributed by atoms with Gasteiger partial charge in [-0.05, 0) is 41.3 Å². The molecule has 0 radical (unpaired) electrons. The number of hydrogen-bond donors (Lipinski definition) is 1. The Bertz CT molecular complexity index is 678. The van der Waals surface area contributed by atoms with E-state index in [1.54, 1.807) is 12.2 Å². The van der Waals surface area contributed by atoms with E-state index < -0.39 is 0 Å². The van der Waals surface area contributed by atoms with Gasteiger partial charge in [-0.15, -0.1) is 0 Å². The summed E-state index contributed by atoms with van der Waals surface area (Å²) in [6, 6.07) is 1.91. The molecule has 0 amide bonds. The Hall–Kier alpha value is -0.880. The van der Waals surface area contributed by atoms with E-state index in [2.05, 4.69) is 21.0 Å². The van der Waals surface area contributed by atoms with Crippen molar-refractivity contribution in [2.24, 2.45) is 0 Å². The van der Waals surface area contributed by atoms with E-state index in [1.807, 2.05) is 16.9 Å². The molecule has 1 N–H and O–H groups in total. The minimum atomic E-state index is -0.0179. The Morgan fingerprint density at radius 2 is 2.38 bits per heavy atom. The summed E-state index contributed by atoms with van der Waals surface area (Å²) in [7, 11) is 0. The molecule has 1 aromatic carbocycles. The number of nitrogens with zero attached hydrogens (tertiary/aromatic N) is 2. The van der Waals surface area contributed by atoms with Crippen LogP contribution < -0.4 is 0 Å². The van der Waals surface area contributed by atoms with Crippen molar-refractivity contribution < 1.29 is 9.84 Å². The highest BCUT2D eigenvalue weighted by Crippen LogP contribution is 2.36. The van der Waals surface area contributed by atoms with Crippen LogP contribution in [-0.4, -0.2) is 28.1 Å². The van der Waals surface area contributed by atoms with Crippen molar-refractivity contribution in [3.05, 3.63) is 33.4 Å². The lowest BCUT2D eigenvalue weighted by molar-refractivity contribution is -0.0366. The van der Waals surface area contributed by atoms with E-state index in [1.165, 1.54) is 0 Å². The Balaban J connectivity index is 2.08. The second-order valence-corrected chi connectivity index (χ2v) is 6.21. The number of halogens is 2. The predicted molar refractivity (Wildman–Crippen MR) is 87.4 cm³/mol. The van der Waals surface area contributed by atoms with E-state index in [-0.39, 0.29) is 12.8 Å². The largest absolute Gasteiger partial charge is 0.392 e. The van der Waals surface area contributed by atoms with Crippen molar-refractivity contribution in [3.8, 4) is 0 Å². The second kappa shape index (κ2) is 6.48. The molecule has 1 atom stereocenters. The summed E-state index contributed by atoms with van der Waals surface area (Å²) >= 11 is 9.96. The van der Waals surface area contributed by atoms with Crippen LogP contribution in [0.1, 0.15) is 31.1 Å². The Morgan fingerprint density at radius 3 is 3.10 bits per heavy atom. The number of rotatable bonds is 3. The predicted octanol–water partition coefficient (Wildman–Crippen LogP) is 4.16. The number of hydrogen-bond acceptors (Lipinski definition) is 3. The molecular formula is C15H16BrClN2O2. The summed E-state index contributed by atoms with van der Waals surface area (Å²) < 4.78 is 8.59. The summed E-state index contributed by atoms with van der Waals surface area (Å²) in [5, 5.41) is 15.0. The fourth-order valence-electron chi connectivity index (χ4n) is 2.60. The van der Waals surface area contributed by atoms with Crippen molar-refractivity contribution in [1.29, 1.82) is 0 Å². The van der Waals surface area contributed by atoms with Crippen LogP contribution in [-0.2, 0) is 4.74 Å². The molecule has 1 aliphatic rings. The molecule has 6 heteroatoms. The molecule has 1 aliphatic heterocycles. The molecule has 1 fully saturated rings. The molecule has 4 nitrogen and oxygen atoms in total. The maximum Gasteiger partial charge on any atom is 0.150 e. The van der Waals surface area contributed by atoms with Crippen LogP contribution in [0.25, 0.3) is 17.0 Å². The number of fused-ring (bicyclic) bond motifs is 1. The zero-order valence-electron chi connectivity index (χ0n) is 11.4. The first-order valence-corrected chi connectivity index (χ1v) is 8.13. The maximum atomic E-state index is 8.92. The standard InChI is InChI=1S/C15H16BrClN2O2/c16-15-10(4-3-6-20)12(17)8-13-11(15)9-18-19(13)14-5-1-2-7-21-14/h3-4,8-9,14,20H,1-2,5-7H2/b4-3-. The quantitative estimate of drug-likeness (QED) is 0.881. The zero-order valence-corrected chi connectivity index (χ0v) is 13.8. The molecule has 112 valence electrons. The second-order valence-electron chi connectivity index (χ2n) is 5.01. The van der Waals surface area contributed by atoms with Gasteiger partial charge in [-0.2, -0.15) is 5.10 Å². The number of benzene rings is 1. The summed E-state index contributed by atoms with van der Waals surface area (Å²) in [6.07, 6.45) is 8.50. The van der Waals surface area contributed by atoms with Crippen molar-refractivity contribution >= 4 is 44.5 Å². The summed E-state index contributed by atoms with van der Waals surface area (Å²) in [5.74, 6) is 0. The third kappa shape index (κ3) is 2.88. The van der Waals surface area contributed by atoms with Crippen LogP contribution in [0.5, 0.6) is 0 Å². The van der Waals surface area contributed by atoms with Gasteiger partial charge in [0.2, 0.25) is 0 Å². The normalized spacial score (nSPS) is 19.7. The molecule has 2 aromatic rings. The minimum Gasteiger partial charge on any atom is -0.392 e. The highest BCUT2D eigenvalue weighted by molar-refractivity contribution is 9.10. The molecule has 0 bridgehead atoms. The van der Waals surface area contributed by atoms with E-state index in [0.717, 1.165) is 46.8 Å². The van der Waals surface area contributed by atoms with Gasteiger partial charge >= 0.3 is 0 Å². The van der Waals surface area contributed by atoms with Crippen LogP contribution in [0.2, 0.25) is 5.02 Å². The number of aliphatic hydroxyl groups excluding tert-OH is 1. The van der Waals surface area contributed by atoms with Gasteiger partial charge in [0.25, 0.3) is 0 Å². The van der Waals surface area contributed by atoms with Gasteiger partial charge < -0.3 is 9.84 Å². The van der Waals surface area contributed by atoms with Crippen LogP contribution in [0.15, 0.2) is 22.8 Å². The topological polar surface area (TPSA) is 47.3 Å². The minimum absolute atomic E-state index is 0.0157. The smallest absolute Gasteiger partial charge is 0.150 e. The van der Waals surface area contributed by atoms with Crippen molar-refractivity contribution in [3.63, 3.8) is 0 Å². The first-order chi connectivity index (χ1) is 10.2. The van der Waals surface area contributed by atoms with Crippen LogP contribution >= 0.6 is 27.5 Å². The maximum absolute atomic E-state index is 8.92. The van der Waals surface area contributed by atoms with Crippen LogP contribution in [0, 0.1) is 0 Å². The van der Waals surface area contributed by atoms with Gasteiger partial charge in [0, 0.05) is 22.0 Å². The highest BCUT2D eigenvalue weighted by atomic mass is 79.9. The molecule has 0 aliphatic carbocycles. The zero-order chi connectivity index (χ0) is 14.8. The fourth-order valence-corrected chi connectivity index (χ4v) is 3.63. The molecule has 1 aromatic heterocycles. The molecule has 1 saturated heterocycles. The third-order valence-corrected chi connectivity index (χ3v) is 4.81. The average Bonchev–Trinajstić information content (AvgIpc) is 2.92. The van der Waals surface area contributed by atoms with Gasteiger partial charge in [-0.25, -0.2) is 4.68 Å². The lowest BCUT2D eigenvalue weighted by Crippen LogP contribution is -2.18. The lowest BCUT2D eigenvalue weighted by Gasteiger charge is -2.23. The van der Waals surface area contributed by atoms with Gasteiger partial charge in [-0.1, -0.05) is 23.8 Å². The van der Waals surface area contributed by atoms with Crippen molar-refractivity contribution in [2.45, 2.75) is 25.5 Å².